The van der Waals surface area contributed by atoms with E-state index < -0.39 is 0 Å². The second-order valence-electron chi connectivity index (χ2n) is 8.44. The van der Waals surface area contributed by atoms with Gasteiger partial charge in [-0.25, -0.2) is 4.98 Å². The third-order valence-electron chi connectivity index (χ3n) is 5.83. The number of ether oxygens (including phenoxy) is 1. The molecule has 0 aliphatic rings. The number of aromatic nitrogens is 2. The van der Waals surface area contributed by atoms with Crippen LogP contribution >= 0.6 is 0 Å². The molecule has 1 N–H and O–H groups in total. The van der Waals surface area contributed by atoms with E-state index >= 15 is 0 Å². The van der Waals surface area contributed by atoms with Gasteiger partial charge in [-0.05, 0) is 30.9 Å². The first-order valence-electron chi connectivity index (χ1n) is 12.0. The molecule has 0 spiro atoms. The Labute approximate surface area is 207 Å². The molecule has 7 heteroatoms. The average molecular weight is 475 g/mol. The number of nitrogens with zero attached hydrogens (tertiary/aromatic N) is 3. The molecule has 0 aliphatic heterocycles. The van der Waals surface area contributed by atoms with Crippen molar-refractivity contribution >= 4 is 11.8 Å². The maximum atomic E-state index is 12.9. The fraction of sp³-hybridized carbons (Fsp3) is 0.357. The number of rotatable bonds is 13. The first kappa shape index (κ1) is 26.0. The molecule has 2 aromatic carbocycles. The first-order chi connectivity index (χ1) is 17.1. The molecule has 0 aliphatic carbocycles. The minimum Gasteiger partial charge on any atom is -0.385 e. The third kappa shape index (κ3) is 8.30. The fourth-order valence-electron chi connectivity index (χ4n) is 3.96. The zero-order chi connectivity index (χ0) is 24.9. The smallest absolute Gasteiger partial charge is 0.274 e. The molecule has 0 atom stereocenters. The predicted molar refractivity (Wildman–Crippen MR) is 136 cm³/mol. The molecule has 35 heavy (non-hydrogen) atoms. The van der Waals surface area contributed by atoms with E-state index in [1.165, 1.54) is 17.3 Å². The molecule has 2 amide bonds. The molecular formula is C28H34N4O3. The molecule has 7 nitrogen and oxygen atoms in total. The van der Waals surface area contributed by atoms with Gasteiger partial charge in [0, 0.05) is 51.9 Å². The molecule has 3 rings (SSSR count). The number of aryl methyl sites for hydroxylation is 1. The van der Waals surface area contributed by atoms with Crippen molar-refractivity contribution in [2.45, 2.75) is 32.1 Å². The molecule has 184 valence electrons. The molecule has 0 fully saturated rings. The Kier molecular flexibility index (Phi) is 10.4. The van der Waals surface area contributed by atoms with Crippen molar-refractivity contribution in [2.75, 3.05) is 33.4 Å². The molecule has 3 aromatic rings. The Bertz CT molecular complexity index is 1000. The predicted octanol–water partition coefficient (Wildman–Crippen LogP) is 3.99. The number of amides is 2. The van der Waals surface area contributed by atoms with Crippen LogP contribution in [-0.4, -0.2) is 60.0 Å². The molecule has 0 bridgehead atoms. The van der Waals surface area contributed by atoms with Gasteiger partial charge in [0.2, 0.25) is 5.91 Å². The summed E-state index contributed by atoms with van der Waals surface area (Å²) < 4.78 is 5.12. The van der Waals surface area contributed by atoms with Crippen LogP contribution in [0.5, 0.6) is 0 Å². The van der Waals surface area contributed by atoms with Gasteiger partial charge in [0.15, 0.2) is 0 Å². The van der Waals surface area contributed by atoms with Crippen LogP contribution in [0.4, 0.5) is 0 Å². The van der Waals surface area contributed by atoms with Crippen LogP contribution in [0, 0.1) is 6.92 Å². The van der Waals surface area contributed by atoms with E-state index in [0.717, 1.165) is 12.1 Å². The summed E-state index contributed by atoms with van der Waals surface area (Å²) in [7, 11) is 1.63. The Balaban J connectivity index is 1.55. The Morgan fingerprint density at radius 1 is 0.943 bits per heavy atom. The van der Waals surface area contributed by atoms with Crippen LogP contribution in [0.1, 0.15) is 52.5 Å². The SMILES string of the molecule is COCCCN(CCC(=O)NCCC(c1ccccc1)c1ccccc1)C(=O)c1cnc(C)cn1. The van der Waals surface area contributed by atoms with Crippen LogP contribution in [0.3, 0.4) is 0 Å². The van der Waals surface area contributed by atoms with E-state index in [-0.39, 0.29) is 29.8 Å². The number of hydrogen-bond acceptors (Lipinski definition) is 5. The zero-order valence-corrected chi connectivity index (χ0v) is 20.5. The second-order valence-corrected chi connectivity index (χ2v) is 8.44. The van der Waals surface area contributed by atoms with Gasteiger partial charge >= 0.3 is 0 Å². The quantitative estimate of drug-likeness (QED) is 0.379. The van der Waals surface area contributed by atoms with E-state index in [0.29, 0.717) is 32.7 Å². The van der Waals surface area contributed by atoms with Gasteiger partial charge in [-0.1, -0.05) is 60.7 Å². The normalized spacial score (nSPS) is 10.8. The van der Waals surface area contributed by atoms with Gasteiger partial charge in [-0.15, -0.1) is 0 Å². The van der Waals surface area contributed by atoms with Gasteiger partial charge in [0.25, 0.3) is 5.91 Å². The van der Waals surface area contributed by atoms with Crippen LogP contribution in [0.25, 0.3) is 0 Å². The monoisotopic (exact) mass is 474 g/mol. The number of benzene rings is 2. The fourth-order valence-corrected chi connectivity index (χ4v) is 3.96. The Morgan fingerprint density at radius 2 is 1.60 bits per heavy atom. The summed E-state index contributed by atoms with van der Waals surface area (Å²) in [4.78, 5) is 35.6. The number of carbonyl (C=O) groups is 2. The van der Waals surface area contributed by atoms with Crippen molar-refractivity contribution in [1.29, 1.82) is 0 Å². The van der Waals surface area contributed by atoms with Crippen LogP contribution in [0.15, 0.2) is 73.1 Å². The average Bonchev–Trinajstić information content (AvgIpc) is 2.89. The van der Waals surface area contributed by atoms with Crippen LogP contribution < -0.4 is 5.32 Å². The number of methoxy groups -OCH3 is 1. The largest absolute Gasteiger partial charge is 0.385 e. The van der Waals surface area contributed by atoms with Crippen molar-refractivity contribution in [2.24, 2.45) is 0 Å². The standard InChI is InChI=1S/C28H34N4O3/c1-22-20-31-26(21-30-22)28(34)32(17-9-19-35-2)18-15-27(33)29-16-14-25(23-10-5-3-6-11-23)24-12-7-4-8-13-24/h3-8,10-13,20-21,25H,9,14-19H2,1-2H3,(H,29,33). The summed E-state index contributed by atoms with van der Waals surface area (Å²) in [6.45, 7) is 3.71. The summed E-state index contributed by atoms with van der Waals surface area (Å²) in [6.07, 6.45) is 4.74. The summed E-state index contributed by atoms with van der Waals surface area (Å²) in [6, 6.07) is 20.7. The van der Waals surface area contributed by atoms with Gasteiger partial charge in [0.05, 0.1) is 11.9 Å². The summed E-state index contributed by atoms with van der Waals surface area (Å²) >= 11 is 0. The van der Waals surface area contributed by atoms with Crippen molar-refractivity contribution in [3.8, 4) is 0 Å². The van der Waals surface area contributed by atoms with Crippen molar-refractivity contribution in [1.82, 2.24) is 20.2 Å². The van der Waals surface area contributed by atoms with Crippen LogP contribution in [0.2, 0.25) is 0 Å². The summed E-state index contributed by atoms with van der Waals surface area (Å²) in [5.74, 6) is -0.107. The van der Waals surface area contributed by atoms with E-state index in [1.54, 1.807) is 18.2 Å². The van der Waals surface area contributed by atoms with Crippen molar-refractivity contribution < 1.29 is 14.3 Å². The Hall–Kier alpha value is -3.58. The van der Waals surface area contributed by atoms with Crippen molar-refractivity contribution in [3.05, 3.63) is 95.6 Å². The maximum Gasteiger partial charge on any atom is 0.274 e. The van der Waals surface area contributed by atoms with Gasteiger partial charge in [-0.2, -0.15) is 0 Å². The van der Waals surface area contributed by atoms with E-state index in [2.05, 4.69) is 39.6 Å². The lowest BCUT2D eigenvalue weighted by atomic mass is 9.88. The lowest BCUT2D eigenvalue weighted by Gasteiger charge is -2.22. The minimum absolute atomic E-state index is 0.0793. The van der Waals surface area contributed by atoms with Gasteiger partial charge in [-0.3, -0.25) is 14.6 Å². The van der Waals surface area contributed by atoms with Crippen LogP contribution in [-0.2, 0) is 9.53 Å². The highest BCUT2D eigenvalue weighted by Gasteiger charge is 2.19. The number of carbonyl (C=O) groups excluding carboxylic acids is 2. The van der Waals surface area contributed by atoms with E-state index in [9.17, 15) is 9.59 Å². The molecule has 0 saturated heterocycles. The molecule has 0 saturated carbocycles. The lowest BCUT2D eigenvalue weighted by molar-refractivity contribution is -0.121. The van der Waals surface area contributed by atoms with Crippen molar-refractivity contribution in [3.63, 3.8) is 0 Å². The highest BCUT2D eigenvalue weighted by atomic mass is 16.5. The third-order valence-corrected chi connectivity index (χ3v) is 5.83. The first-order valence-corrected chi connectivity index (χ1v) is 12.0. The highest BCUT2D eigenvalue weighted by molar-refractivity contribution is 5.92. The molecular weight excluding hydrogens is 440 g/mol. The van der Waals surface area contributed by atoms with E-state index in [1.807, 2.05) is 43.3 Å². The summed E-state index contributed by atoms with van der Waals surface area (Å²) in [5.41, 5.74) is 3.47. The molecule has 0 radical (unpaired) electrons. The lowest BCUT2D eigenvalue weighted by Crippen LogP contribution is -2.37. The highest BCUT2D eigenvalue weighted by Crippen LogP contribution is 2.27. The number of hydrogen-bond donors (Lipinski definition) is 1. The molecule has 0 unspecified atom stereocenters. The zero-order valence-electron chi connectivity index (χ0n) is 20.5. The Morgan fingerprint density at radius 3 is 2.17 bits per heavy atom. The molecule has 1 heterocycles. The van der Waals surface area contributed by atoms with Gasteiger partial charge in [0.1, 0.15) is 5.69 Å². The van der Waals surface area contributed by atoms with E-state index in [4.69, 9.17) is 4.74 Å². The molecule has 1 aromatic heterocycles. The number of nitrogens with one attached hydrogen (secondary N) is 1. The van der Waals surface area contributed by atoms with Gasteiger partial charge < -0.3 is 15.0 Å². The summed E-state index contributed by atoms with van der Waals surface area (Å²) in [5, 5.41) is 3.03. The topological polar surface area (TPSA) is 84.4 Å². The maximum absolute atomic E-state index is 12.9. The second kappa shape index (κ2) is 14.0. The minimum atomic E-state index is -0.227.